The molecule has 0 aliphatic heterocycles. The van der Waals surface area contributed by atoms with Gasteiger partial charge in [0.05, 0.1) is 12.5 Å². The summed E-state index contributed by atoms with van der Waals surface area (Å²) in [7, 11) is 0. The Kier molecular flexibility index (Phi) is 4.55. The Hall–Kier alpha value is -2.30. The second kappa shape index (κ2) is 6.58. The lowest BCUT2D eigenvalue weighted by Crippen LogP contribution is -2.30. The van der Waals surface area contributed by atoms with E-state index in [2.05, 4.69) is 5.32 Å². The van der Waals surface area contributed by atoms with Crippen molar-refractivity contribution in [3.8, 4) is 5.75 Å². The molecule has 5 heteroatoms. The predicted molar refractivity (Wildman–Crippen MR) is 67.3 cm³/mol. The van der Waals surface area contributed by atoms with E-state index in [1.807, 2.05) is 6.07 Å². The third-order valence-electron chi connectivity index (χ3n) is 2.51. The minimum absolute atomic E-state index is 0.0764. The van der Waals surface area contributed by atoms with Crippen LogP contribution in [0.2, 0.25) is 0 Å². The molecule has 0 saturated heterocycles. The highest BCUT2D eigenvalue weighted by Crippen LogP contribution is 2.14. The highest BCUT2D eigenvalue weighted by molar-refractivity contribution is 5.77. The van der Waals surface area contributed by atoms with Gasteiger partial charge in [0.25, 0.3) is 5.91 Å². The number of carbonyl (C=O) groups excluding carboxylic acids is 1. The van der Waals surface area contributed by atoms with Gasteiger partial charge in [0.15, 0.2) is 18.2 Å². The van der Waals surface area contributed by atoms with E-state index < -0.39 is 5.82 Å². The van der Waals surface area contributed by atoms with E-state index in [-0.39, 0.29) is 18.3 Å². The third kappa shape index (κ3) is 4.13. The fourth-order valence-electron chi connectivity index (χ4n) is 1.54. The van der Waals surface area contributed by atoms with E-state index >= 15 is 0 Å². The molecule has 0 aliphatic carbocycles. The molecule has 1 heterocycles. The molecule has 0 bridgehead atoms. The molecule has 4 nitrogen and oxygen atoms in total. The van der Waals surface area contributed by atoms with Crippen LogP contribution in [-0.2, 0) is 11.2 Å². The average molecular weight is 263 g/mol. The first kappa shape index (κ1) is 13.1. The van der Waals surface area contributed by atoms with Gasteiger partial charge in [-0.1, -0.05) is 12.1 Å². The van der Waals surface area contributed by atoms with Gasteiger partial charge < -0.3 is 14.5 Å². The van der Waals surface area contributed by atoms with Crippen LogP contribution in [0, 0.1) is 5.82 Å². The van der Waals surface area contributed by atoms with E-state index in [9.17, 15) is 9.18 Å². The van der Waals surface area contributed by atoms with Crippen LogP contribution in [0.4, 0.5) is 4.39 Å². The molecule has 2 aromatic rings. The second-order valence-electron chi connectivity index (χ2n) is 3.95. The van der Waals surface area contributed by atoms with Crippen LogP contribution in [0.5, 0.6) is 5.75 Å². The maximum Gasteiger partial charge on any atom is 0.257 e. The van der Waals surface area contributed by atoms with E-state index in [1.165, 1.54) is 12.1 Å². The molecule has 0 spiro atoms. The average Bonchev–Trinajstić information content (AvgIpc) is 2.91. The Morgan fingerprint density at radius 3 is 2.89 bits per heavy atom. The highest BCUT2D eigenvalue weighted by atomic mass is 19.1. The number of amides is 1. The van der Waals surface area contributed by atoms with Crippen molar-refractivity contribution >= 4 is 5.91 Å². The van der Waals surface area contributed by atoms with Gasteiger partial charge in [0, 0.05) is 6.54 Å². The number of hydrogen-bond donors (Lipinski definition) is 1. The van der Waals surface area contributed by atoms with Crippen LogP contribution in [-0.4, -0.2) is 19.1 Å². The molecule has 0 radical (unpaired) electrons. The maximum absolute atomic E-state index is 13.2. The topological polar surface area (TPSA) is 51.5 Å². The molecule has 0 unspecified atom stereocenters. The first-order valence-electron chi connectivity index (χ1n) is 5.91. The Morgan fingerprint density at radius 2 is 2.16 bits per heavy atom. The van der Waals surface area contributed by atoms with Crippen molar-refractivity contribution in [2.24, 2.45) is 0 Å². The standard InChI is InChI=1S/C14H14FNO3/c15-12-3-1-2-4-13(12)19-10-14(17)16-7-5-11-6-8-18-9-11/h1-4,6,8-9H,5,7,10H2,(H,16,17). The van der Waals surface area contributed by atoms with E-state index in [4.69, 9.17) is 9.15 Å². The van der Waals surface area contributed by atoms with Gasteiger partial charge in [-0.25, -0.2) is 4.39 Å². The van der Waals surface area contributed by atoms with Crippen LogP contribution < -0.4 is 10.1 Å². The second-order valence-corrected chi connectivity index (χ2v) is 3.95. The largest absolute Gasteiger partial charge is 0.481 e. The zero-order chi connectivity index (χ0) is 13.5. The number of ether oxygens (including phenoxy) is 1. The first-order chi connectivity index (χ1) is 9.25. The summed E-state index contributed by atoms with van der Waals surface area (Å²) in [5.74, 6) is -0.687. The predicted octanol–water partition coefficient (Wildman–Crippen LogP) is 2.16. The third-order valence-corrected chi connectivity index (χ3v) is 2.51. The Balaban J connectivity index is 1.69. The number of furan rings is 1. The number of rotatable bonds is 6. The molecule has 0 aliphatic rings. The number of para-hydroxylation sites is 1. The quantitative estimate of drug-likeness (QED) is 0.868. The van der Waals surface area contributed by atoms with Gasteiger partial charge in [0.1, 0.15) is 0 Å². The lowest BCUT2D eigenvalue weighted by atomic mass is 10.2. The van der Waals surface area contributed by atoms with E-state index in [0.29, 0.717) is 13.0 Å². The summed E-state index contributed by atoms with van der Waals surface area (Å²) in [5, 5.41) is 2.68. The SMILES string of the molecule is O=C(COc1ccccc1F)NCCc1ccoc1. The van der Waals surface area contributed by atoms with Crippen LogP contribution in [0.15, 0.2) is 47.3 Å². The Morgan fingerprint density at radius 1 is 1.32 bits per heavy atom. The summed E-state index contributed by atoms with van der Waals surface area (Å²) < 4.78 is 23.2. The number of nitrogens with one attached hydrogen (secondary N) is 1. The van der Waals surface area contributed by atoms with Gasteiger partial charge in [0.2, 0.25) is 0 Å². The summed E-state index contributed by atoms with van der Waals surface area (Å²) in [4.78, 5) is 11.5. The van der Waals surface area contributed by atoms with Gasteiger partial charge in [-0.2, -0.15) is 0 Å². The van der Waals surface area contributed by atoms with Crippen molar-refractivity contribution in [3.05, 3.63) is 54.2 Å². The highest BCUT2D eigenvalue weighted by Gasteiger charge is 2.05. The smallest absolute Gasteiger partial charge is 0.257 e. The normalized spacial score (nSPS) is 10.2. The molecular formula is C14H14FNO3. The fraction of sp³-hybridized carbons (Fsp3) is 0.214. The van der Waals surface area contributed by atoms with E-state index in [0.717, 1.165) is 5.56 Å². The number of hydrogen-bond acceptors (Lipinski definition) is 3. The Labute approximate surface area is 110 Å². The van der Waals surface area contributed by atoms with Gasteiger partial charge in [-0.05, 0) is 30.2 Å². The fourth-order valence-corrected chi connectivity index (χ4v) is 1.54. The van der Waals surface area contributed by atoms with E-state index in [1.54, 1.807) is 24.7 Å². The summed E-state index contributed by atoms with van der Waals surface area (Å²) >= 11 is 0. The molecule has 1 amide bonds. The molecule has 1 aromatic heterocycles. The van der Waals surface area contributed by atoms with Crippen LogP contribution in [0.1, 0.15) is 5.56 Å². The zero-order valence-electron chi connectivity index (χ0n) is 10.3. The molecule has 1 N–H and O–H groups in total. The zero-order valence-corrected chi connectivity index (χ0v) is 10.3. The molecule has 0 fully saturated rings. The molecule has 0 atom stereocenters. The maximum atomic E-state index is 13.2. The molecule has 2 rings (SSSR count). The van der Waals surface area contributed by atoms with Crippen molar-refractivity contribution in [1.82, 2.24) is 5.32 Å². The van der Waals surface area contributed by atoms with Crippen molar-refractivity contribution in [2.45, 2.75) is 6.42 Å². The molecule has 0 saturated carbocycles. The lowest BCUT2D eigenvalue weighted by Gasteiger charge is -2.07. The number of carbonyl (C=O) groups is 1. The minimum atomic E-state index is -0.478. The van der Waals surface area contributed by atoms with Crippen LogP contribution >= 0.6 is 0 Å². The molecule has 100 valence electrons. The molecular weight excluding hydrogens is 249 g/mol. The van der Waals surface area contributed by atoms with Crippen LogP contribution in [0.25, 0.3) is 0 Å². The van der Waals surface area contributed by atoms with Crippen LogP contribution in [0.3, 0.4) is 0 Å². The van der Waals surface area contributed by atoms with Crippen molar-refractivity contribution in [3.63, 3.8) is 0 Å². The summed E-state index contributed by atoms with van der Waals surface area (Å²) in [5.41, 5.74) is 1.01. The summed E-state index contributed by atoms with van der Waals surface area (Å²) in [6, 6.07) is 7.81. The number of benzene rings is 1. The first-order valence-corrected chi connectivity index (χ1v) is 5.91. The summed E-state index contributed by atoms with van der Waals surface area (Å²) in [6.07, 6.45) is 3.89. The van der Waals surface area contributed by atoms with Crippen molar-refractivity contribution in [1.29, 1.82) is 0 Å². The lowest BCUT2D eigenvalue weighted by molar-refractivity contribution is -0.123. The van der Waals surface area contributed by atoms with Gasteiger partial charge >= 0.3 is 0 Å². The minimum Gasteiger partial charge on any atom is -0.481 e. The number of halogens is 1. The molecule has 19 heavy (non-hydrogen) atoms. The monoisotopic (exact) mass is 263 g/mol. The summed E-state index contributed by atoms with van der Waals surface area (Å²) in [6.45, 7) is 0.283. The van der Waals surface area contributed by atoms with Gasteiger partial charge in [-0.15, -0.1) is 0 Å². The Bertz CT molecular complexity index is 525. The molecule has 1 aromatic carbocycles. The van der Waals surface area contributed by atoms with Crippen molar-refractivity contribution in [2.75, 3.05) is 13.2 Å². The van der Waals surface area contributed by atoms with Crippen molar-refractivity contribution < 1.29 is 18.3 Å². The van der Waals surface area contributed by atoms with Gasteiger partial charge in [-0.3, -0.25) is 4.79 Å².